The van der Waals surface area contributed by atoms with Gasteiger partial charge >= 0.3 is 0 Å². The zero-order chi connectivity index (χ0) is 23.8. The van der Waals surface area contributed by atoms with Gasteiger partial charge in [-0.3, -0.25) is 4.79 Å². The third kappa shape index (κ3) is 7.99. The monoisotopic (exact) mass is 489 g/mol. The Labute approximate surface area is 208 Å². The van der Waals surface area contributed by atoms with Gasteiger partial charge < -0.3 is 16.0 Å². The van der Waals surface area contributed by atoms with Crippen LogP contribution in [0.1, 0.15) is 54.6 Å². The lowest BCUT2D eigenvalue weighted by Crippen LogP contribution is -2.48. The number of likely N-dealkylation sites (tertiary alicyclic amines) is 1. The first-order chi connectivity index (χ1) is 15.9. The van der Waals surface area contributed by atoms with Gasteiger partial charge in [0.25, 0.3) is 5.91 Å². The van der Waals surface area contributed by atoms with Gasteiger partial charge in [0.2, 0.25) is 0 Å². The van der Waals surface area contributed by atoms with Crippen molar-refractivity contribution in [3.63, 3.8) is 0 Å². The molecule has 0 aromatic heterocycles. The highest BCUT2D eigenvalue weighted by Gasteiger charge is 2.24. The number of amides is 1. The van der Waals surface area contributed by atoms with Crippen LogP contribution in [0.25, 0.3) is 0 Å². The maximum atomic E-state index is 12.8. The van der Waals surface area contributed by atoms with Crippen molar-refractivity contribution in [3.8, 4) is 0 Å². The van der Waals surface area contributed by atoms with Gasteiger partial charge in [0, 0.05) is 18.2 Å². The molecule has 1 aliphatic rings. The van der Waals surface area contributed by atoms with Crippen LogP contribution in [-0.4, -0.2) is 43.0 Å². The van der Waals surface area contributed by atoms with Crippen molar-refractivity contribution in [2.75, 3.05) is 26.2 Å². The first kappa shape index (κ1) is 26.0. The zero-order valence-electron chi connectivity index (χ0n) is 19.8. The second-order valence-electron chi connectivity index (χ2n) is 9.59. The first-order valence-corrected chi connectivity index (χ1v) is 12.9. The summed E-state index contributed by atoms with van der Waals surface area (Å²) < 4.78 is 0. The summed E-state index contributed by atoms with van der Waals surface area (Å²) in [4.78, 5) is 15.3. The molecule has 4 nitrogen and oxygen atoms in total. The molecule has 3 N–H and O–H groups in total. The molecule has 1 heterocycles. The Morgan fingerprint density at radius 3 is 2.30 bits per heavy atom. The minimum absolute atomic E-state index is 0.00418. The fourth-order valence-corrected chi connectivity index (χ4v) is 4.79. The third-order valence-electron chi connectivity index (χ3n) is 6.76. The number of nitrogens with zero attached hydrogens (tertiary/aromatic N) is 1. The van der Waals surface area contributed by atoms with Crippen molar-refractivity contribution in [2.45, 2.75) is 52.0 Å². The van der Waals surface area contributed by atoms with Crippen molar-refractivity contribution in [3.05, 3.63) is 69.2 Å². The number of nitrogens with one attached hydrogen (secondary N) is 1. The van der Waals surface area contributed by atoms with Gasteiger partial charge in [-0.25, -0.2) is 0 Å². The molecule has 0 aliphatic carbocycles. The lowest BCUT2D eigenvalue weighted by Gasteiger charge is -2.35. The van der Waals surface area contributed by atoms with E-state index in [0.717, 1.165) is 44.0 Å². The molecule has 0 bridgehead atoms. The SMILES string of the molecule is CC(C)[C@@H](CN1CCC(CCc2ccc(Cl)c(Cl)c2)CC1)NC(=O)c1ccc(CCN)cc1. The van der Waals surface area contributed by atoms with Crippen LogP contribution in [0.15, 0.2) is 42.5 Å². The molecule has 6 heteroatoms. The maximum Gasteiger partial charge on any atom is 0.251 e. The lowest BCUT2D eigenvalue weighted by molar-refractivity contribution is 0.0892. The Hall–Kier alpha value is -1.59. The Bertz CT molecular complexity index is 893. The van der Waals surface area contributed by atoms with Gasteiger partial charge in [-0.15, -0.1) is 0 Å². The van der Waals surface area contributed by atoms with E-state index in [0.29, 0.717) is 28.1 Å². The Kier molecular flexibility index (Phi) is 10.1. The van der Waals surface area contributed by atoms with E-state index in [9.17, 15) is 4.79 Å². The fraction of sp³-hybridized carbons (Fsp3) is 0.519. The van der Waals surface area contributed by atoms with Crippen molar-refractivity contribution >= 4 is 29.1 Å². The number of hydrogen-bond acceptors (Lipinski definition) is 3. The molecule has 0 radical (unpaired) electrons. The highest BCUT2D eigenvalue weighted by molar-refractivity contribution is 6.42. The lowest BCUT2D eigenvalue weighted by atomic mass is 9.90. The zero-order valence-corrected chi connectivity index (χ0v) is 21.3. The standard InChI is InChI=1S/C27H37Cl2N3O/c1-19(2)26(31-27(33)23-8-5-20(6-9-23)11-14-30)18-32-15-12-21(13-16-32)3-4-22-7-10-24(28)25(29)17-22/h5-10,17,19,21,26H,3-4,11-16,18,30H2,1-2H3,(H,31,33)/t26-/m1/s1. The van der Waals surface area contributed by atoms with Crippen LogP contribution in [0.4, 0.5) is 0 Å². The van der Waals surface area contributed by atoms with Gasteiger partial charge in [0.15, 0.2) is 0 Å². The van der Waals surface area contributed by atoms with E-state index in [1.807, 2.05) is 36.4 Å². The van der Waals surface area contributed by atoms with Crippen molar-refractivity contribution in [1.82, 2.24) is 10.2 Å². The summed E-state index contributed by atoms with van der Waals surface area (Å²) in [6.07, 6.45) is 5.44. The number of benzene rings is 2. The van der Waals surface area contributed by atoms with Crippen LogP contribution in [0.3, 0.4) is 0 Å². The molecule has 3 rings (SSSR count). The summed E-state index contributed by atoms with van der Waals surface area (Å²) in [5.41, 5.74) is 8.74. The summed E-state index contributed by atoms with van der Waals surface area (Å²) in [6, 6.07) is 13.9. The average Bonchev–Trinajstić information content (AvgIpc) is 2.81. The molecule has 2 aromatic carbocycles. The van der Waals surface area contributed by atoms with Crippen LogP contribution in [0.2, 0.25) is 10.0 Å². The number of hydrogen-bond donors (Lipinski definition) is 2. The number of carbonyl (C=O) groups excluding carboxylic acids is 1. The maximum absolute atomic E-state index is 12.8. The van der Waals surface area contributed by atoms with E-state index in [4.69, 9.17) is 28.9 Å². The number of nitrogens with two attached hydrogens (primary N) is 1. The largest absolute Gasteiger partial charge is 0.348 e. The van der Waals surface area contributed by atoms with Crippen molar-refractivity contribution < 1.29 is 4.79 Å². The number of halogens is 2. The molecular weight excluding hydrogens is 453 g/mol. The van der Waals surface area contributed by atoms with Crippen LogP contribution in [-0.2, 0) is 12.8 Å². The first-order valence-electron chi connectivity index (χ1n) is 12.1. The highest BCUT2D eigenvalue weighted by atomic mass is 35.5. The van der Waals surface area contributed by atoms with Gasteiger partial charge in [-0.1, -0.05) is 55.2 Å². The molecule has 1 fully saturated rings. The minimum Gasteiger partial charge on any atom is -0.348 e. The van der Waals surface area contributed by atoms with E-state index >= 15 is 0 Å². The van der Waals surface area contributed by atoms with Crippen LogP contribution in [0, 0.1) is 11.8 Å². The van der Waals surface area contributed by atoms with Gasteiger partial charge in [0.1, 0.15) is 0 Å². The average molecular weight is 491 g/mol. The summed E-state index contributed by atoms with van der Waals surface area (Å²) in [6.45, 7) is 8.04. The second-order valence-corrected chi connectivity index (χ2v) is 10.4. The molecule has 1 saturated heterocycles. The molecular formula is C27H37Cl2N3O. The topological polar surface area (TPSA) is 58.4 Å². The molecule has 1 aliphatic heterocycles. The summed E-state index contributed by atoms with van der Waals surface area (Å²) in [5.74, 6) is 1.11. The number of carbonyl (C=O) groups is 1. The predicted molar refractivity (Wildman–Crippen MR) is 139 cm³/mol. The molecule has 1 atom stereocenters. The van der Waals surface area contributed by atoms with Crippen molar-refractivity contribution in [1.29, 1.82) is 0 Å². The molecule has 0 saturated carbocycles. The molecule has 1 amide bonds. The molecule has 2 aromatic rings. The van der Waals surface area contributed by atoms with Crippen molar-refractivity contribution in [2.24, 2.45) is 17.6 Å². The van der Waals surface area contributed by atoms with E-state index < -0.39 is 0 Å². The van der Waals surface area contributed by atoms with Gasteiger partial charge in [-0.05, 0) is 99.0 Å². The molecule has 33 heavy (non-hydrogen) atoms. The Balaban J connectivity index is 1.45. The smallest absolute Gasteiger partial charge is 0.251 e. The summed E-state index contributed by atoms with van der Waals surface area (Å²) in [7, 11) is 0. The Morgan fingerprint density at radius 1 is 1.03 bits per heavy atom. The number of piperidine rings is 1. The highest BCUT2D eigenvalue weighted by Crippen LogP contribution is 2.26. The molecule has 0 unspecified atom stereocenters. The fourth-order valence-electron chi connectivity index (χ4n) is 4.47. The summed E-state index contributed by atoms with van der Waals surface area (Å²) in [5, 5.41) is 4.52. The van der Waals surface area contributed by atoms with Crippen LogP contribution in [0.5, 0.6) is 0 Å². The molecule has 180 valence electrons. The van der Waals surface area contributed by atoms with E-state index in [1.165, 1.54) is 24.8 Å². The third-order valence-corrected chi connectivity index (χ3v) is 7.50. The number of rotatable bonds is 10. The van der Waals surface area contributed by atoms with E-state index in [-0.39, 0.29) is 11.9 Å². The normalized spacial score (nSPS) is 16.2. The van der Waals surface area contributed by atoms with E-state index in [1.54, 1.807) is 0 Å². The van der Waals surface area contributed by atoms with Gasteiger partial charge in [0.05, 0.1) is 10.0 Å². The van der Waals surface area contributed by atoms with Crippen LogP contribution < -0.4 is 11.1 Å². The quantitative estimate of drug-likeness (QED) is 0.456. The number of aryl methyl sites for hydroxylation is 1. The van der Waals surface area contributed by atoms with E-state index in [2.05, 4.69) is 30.1 Å². The second kappa shape index (κ2) is 12.8. The van der Waals surface area contributed by atoms with Crippen LogP contribution >= 0.6 is 23.2 Å². The Morgan fingerprint density at radius 2 is 1.70 bits per heavy atom. The van der Waals surface area contributed by atoms with Gasteiger partial charge in [-0.2, -0.15) is 0 Å². The summed E-state index contributed by atoms with van der Waals surface area (Å²) >= 11 is 12.2. The molecule has 0 spiro atoms. The predicted octanol–water partition coefficient (Wildman–Crippen LogP) is 5.59. The minimum atomic E-state index is 0.00418.